The predicted molar refractivity (Wildman–Crippen MR) is 110 cm³/mol. The van der Waals surface area contributed by atoms with Crippen molar-refractivity contribution in [1.82, 2.24) is 15.1 Å². The minimum absolute atomic E-state index is 0.161. The second kappa shape index (κ2) is 8.43. The fourth-order valence-electron chi connectivity index (χ4n) is 2.90. The summed E-state index contributed by atoms with van der Waals surface area (Å²) in [6, 6.07) is 5.99. The highest BCUT2D eigenvalue weighted by molar-refractivity contribution is 8.00. The molecule has 7 nitrogen and oxygen atoms in total. The molecule has 8 heteroatoms. The van der Waals surface area contributed by atoms with Gasteiger partial charge in [0.1, 0.15) is 12.2 Å². The van der Waals surface area contributed by atoms with E-state index in [2.05, 4.69) is 17.0 Å². The molecule has 3 rings (SSSR count). The molecule has 1 aliphatic rings. The summed E-state index contributed by atoms with van der Waals surface area (Å²) >= 11 is 1.28. The van der Waals surface area contributed by atoms with Crippen molar-refractivity contribution in [2.75, 3.05) is 17.2 Å². The van der Waals surface area contributed by atoms with Crippen molar-refractivity contribution < 1.29 is 9.59 Å². The number of nitrogens with zero attached hydrogens (tertiary/aromatic N) is 3. The van der Waals surface area contributed by atoms with Gasteiger partial charge in [-0.3, -0.25) is 14.4 Å². The number of thioether (sulfide) groups is 1. The Morgan fingerprint density at radius 1 is 1.32 bits per heavy atom. The van der Waals surface area contributed by atoms with Gasteiger partial charge < -0.3 is 10.2 Å². The molecule has 2 aromatic rings. The minimum atomic E-state index is -0.457. The number of hydrogen-bond donors (Lipinski definition) is 1. The maximum Gasteiger partial charge on any atom is 0.292 e. The van der Waals surface area contributed by atoms with E-state index >= 15 is 0 Å². The van der Waals surface area contributed by atoms with Gasteiger partial charge in [-0.1, -0.05) is 24.3 Å². The quantitative estimate of drug-likeness (QED) is 0.750. The summed E-state index contributed by atoms with van der Waals surface area (Å²) in [5.74, 6) is -0.230. The summed E-state index contributed by atoms with van der Waals surface area (Å²) in [5, 5.41) is 6.90. The number of carbonyl (C=O) groups excluding carboxylic acids is 2. The number of aromatic nitrogens is 2. The minimum Gasteiger partial charge on any atom is -0.350 e. The summed E-state index contributed by atoms with van der Waals surface area (Å²) < 4.78 is 1.09. The second-order valence-corrected chi connectivity index (χ2v) is 7.61. The van der Waals surface area contributed by atoms with Crippen molar-refractivity contribution >= 4 is 29.3 Å². The molecule has 0 bridgehead atoms. The zero-order valence-corrected chi connectivity index (χ0v) is 16.7. The molecule has 28 heavy (non-hydrogen) atoms. The molecule has 0 aliphatic carbocycles. The number of carbonyl (C=O) groups is 2. The number of rotatable bonds is 6. The monoisotopic (exact) mass is 398 g/mol. The Bertz CT molecular complexity index is 999. The highest BCUT2D eigenvalue weighted by Gasteiger charge is 2.28. The third kappa shape index (κ3) is 4.17. The van der Waals surface area contributed by atoms with Crippen LogP contribution >= 0.6 is 11.8 Å². The number of fused-ring (bicyclic) bond motifs is 1. The topological polar surface area (TPSA) is 84.3 Å². The van der Waals surface area contributed by atoms with E-state index in [1.807, 2.05) is 32.0 Å². The van der Waals surface area contributed by atoms with E-state index in [-0.39, 0.29) is 36.3 Å². The molecular weight excluding hydrogens is 376 g/mol. The molecule has 0 saturated carbocycles. The number of anilines is 1. The normalized spacial score (nSPS) is 13.2. The van der Waals surface area contributed by atoms with Gasteiger partial charge in [-0.2, -0.15) is 5.10 Å². The Hall–Kier alpha value is -2.87. The van der Waals surface area contributed by atoms with Crippen LogP contribution in [0.25, 0.3) is 0 Å². The molecule has 0 atom stereocenters. The van der Waals surface area contributed by atoms with Crippen molar-refractivity contribution in [1.29, 1.82) is 0 Å². The third-order valence-electron chi connectivity index (χ3n) is 4.57. The predicted octanol–water partition coefficient (Wildman–Crippen LogP) is 1.80. The average Bonchev–Trinajstić information content (AvgIpc) is 2.67. The molecular formula is C20H22N4O3S. The van der Waals surface area contributed by atoms with Crippen molar-refractivity contribution in [2.45, 2.75) is 31.8 Å². The van der Waals surface area contributed by atoms with Crippen LogP contribution in [0.15, 0.2) is 46.7 Å². The van der Waals surface area contributed by atoms with Gasteiger partial charge in [0, 0.05) is 13.1 Å². The van der Waals surface area contributed by atoms with Gasteiger partial charge in [0.15, 0.2) is 0 Å². The number of benzene rings is 1. The summed E-state index contributed by atoms with van der Waals surface area (Å²) in [6.45, 7) is 8.09. The van der Waals surface area contributed by atoms with E-state index < -0.39 is 5.56 Å². The second-order valence-electron chi connectivity index (χ2n) is 6.60. The molecule has 2 heterocycles. The fraction of sp³-hybridized carbons (Fsp3) is 0.300. The van der Waals surface area contributed by atoms with Crippen molar-refractivity contribution in [3.8, 4) is 0 Å². The third-order valence-corrected chi connectivity index (χ3v) is 5.57. The smallest absolute Gasteiger partial charge is 0.292 e. The Morgan fingerprint density at radius 2 is 2.11 bits per heavy atom. The van der Waals surface area contributed by atoms with Crippen LogP contribution in [0.1, 0.15) is 16.7 Å². The molecule has 1 aromatic carbocycles. The first kappa shape index (κ1) is 19.9. The van der Waals surface area contributed by atoms with Gasteiger partial charge in [0.25, 0.3) is 5.56 Å². The lowest BCUT2D eigenvalue weighted by molar-refractivity contribution is -0.122. The van der Waals surface area contributed by atoms with E-state index in [0.717, 1.165) is 15.8 Å². The zero-order chi connectivity index (χ0) is 20.3. The standard InChI is InChI=1S/C20H22N4O3S/c1-4-7-23-18(26)12-28-16-10-22-24(20(27)19(16)23)11-17(25)21-9-15-6-5-13(2)14(3)8-15/h4-6,8,10H,1,7,9,11-12H2,2-3H3,(H,21,25). The lowest BCUT2D eigenvalue weighted by atomic mass is 10.1. The molecule has 0 spiro atoms. The number of aryl methyl sites for hydroxylation is 2. The Kier molecular flexibility index (Phi) is 5.99. The highest BCUT2D eigenvalue weighted by Crippen LogP contribution is 2.31. The number of amides is 2. The Morgan fingerprint density at radius 3 is 2.82 bits per heavy atom. The Labute approximate surface area is 167 Å². The highest BCUT2D eigenvalue weighted by atomic mass is 32.2. The van der Waals surface area contributed by atoms with Crippen molar-refractivity contribution in [3.05, 3.63) is 64.1 Å². The lowest BCUT2D eigenvalue weighted by Gasteiger charge is -2.27. The van der Waals surface area contributed by atoms with Crippen LogP contribution < -0.4 is 15.8 Å². The van der Waals surface area contributed by atoms with Crippen LogP contribution in [-0.4, -0.2) is 33.9 Å². The maximum atomic E-state index is 12.8. The van der Waals surface area contributed by atoms with Crippen molar-refractivity contribution in [3.63, 3.8) is 0 Å². The van der Waals surface area contributed by atoms with Gasteiger partial charge in [-0.05, 0) is 30.5 Å². The number of nitrogens with one attached hydrogen (secondary N) is 1. The number of hydrogen-bond acceptors (Lipinski definition) is 5. The molecule has 146 valence electrons. The van der Waals surface area contributed by atoms with Crippen LogP contribution in [0.5, 0.6) is 0 Å². The van der Waals surface area contributed by atoms with Gasteiger partial charge >= 0.3 is 0 Å². The molecule has 0 saturated heterocycles. The molecule has 0 radical (unpaired) electrons. The van der Waals surface area contributed by atoms with E-state index in [4.69, 9.17) is 0 Å². The average molecular weight is 398 g/mol. The first-order chi connectivity index (χ1) is 13.4. The van der Waals surface area contributed by atoms with Crippen LogP contribution in [-0.2, 0) is 22.7 Å². The van der Waals surface area contributed by atoms with Crippen LogP contribution in [0.3, 0.4) is 0 Å². The summed E-state index contributed by atoms with van der Waals surface area (Å²) in [7, 11) is 0. The van der Waals surface area contributed by atoms with E-state index in [1.54, 1.807) is 6.08 Å². The first-order valence-electron chi connectivity index (χ1n) is 8.87. The van der Waals surface area contributed by atoms with E-state index in [9.17, 15) is 14.4 Å². The molecule has 1 aromatic heterocycles. The molecule has 1 N–H and O–H groups in total. The Balaban J connectivity index is 1.74. The van der Waals surface area contributed by atoms with Crippen LogP contribution in [0, 0.1) is 13.8 Å². The SMILES string of the molecule is C=CCN1C(=O)CSc2cnn(CC(=O)NCc3ccc(C)c(C)c3)c(=O)c21. The van der Waals surface area contributed by atoms with Crippen molar-refractivity contribution in [2.24, 2.45) is 0 Å². The van der Waals surface area contributed by atoms with Gasteiger partial charge in [-0.25, -0.2) is 4.68 Å². The molecule has 0 unspecified atom stereocenters. The molecule has 2 amide bonds. The van der Waals surface area contributed by atoms with E-state index in [0.29, 0.717) is 11.4 Å². The van der Waals surface area contributed by atoms with E-state index in [1.165, 1.54) is 28.4 Å². The molecule has 1 aliphatic heterocycles. The largest absolute Gasteiger partial charge is 0.350 e. The lowest BCUT2D eigenvalue weighted by Crippen LogP contribution is -2.42. The molecule has 0 fully saturated rings. The maximum absolute atomic E-state index is 12.8. The summed E-state index contributed by atoms with van der Waals surface area (Å²) in [4.78, 5) is 39.3. The van der Waals surface area contributed by atoms with Gasteiger partial charge in [-0.15, -0.1) is 18.3 Å². The zero-order valence-electron chi connectivity index (χ0n) is 15.9. The first-order valence-corrected chi connectivity index (χ1v) is 9.86. The van der Waals surface area contributed by atoms with Crippen LogP contribution in [0.2, 0.25) is 0 Å². The fourth-order valence-corrected chi connectivity index (χ4v) is 3.79. The summed E-state index contributed by atoms with van der Waals surface area (Å²) in [5.41, 5.74) is 3.14. The van der Waals surface area contributed by atoms with Gasteiger partial charge in [0.05, 0.1) is 16.8 Å². The van der Waals surface area contributed by atoms with Crippen LogP contribution in [0.4, 0.5) is 5.69 Å². The summed E-state index contributed by atoms with van der Waals surface area (Å²) in [6.07, 6.45) is 3.10. The van der Waals surface area contributed by atoms with Gasteiger partial charge in [0.2, 0.25) is 11.8 Å².